The molecule has 23 heavy (non-hydrogen) atoms. The molecule has 0 spiro atoms. The van der Waals surface area contributed by atoms with E-state index in [0.29, 0.717) is 22.6 Å². The van der Waals surface area contributed by atoms with Crippen LogP contribution in [-0.4, -0.2) is 17.2 Å². The number of halogens is 1. The first kappa shape index (κ1) is 15.2. The van der Waals surface area contributed by atoms with Crippen LogP contribution in [0.4, 0.5) is 16.1 Å². The topological polar surface area (TPSA) is 67.5 Å². The molecular weight excluding hydrogens is 299 g/mol. The Bertz CT molecular complexity index is 804. The predicted octanol–water partition coefficient (Wildman–Crippen LogP) is 3.86. The van der Waals surface area contributed by atoms with E-state index >= 15 is 0 Å². The summed E-state index contributed by atoms with van der Waals surface area (Å²) in [5.41, 5.74) is 1.77. The fraction of sp³-hybridized carbons (Fsp3) is 0.118. The maximum Gasteiger partial charge on any atom is 0.299 e. The number of nitrogens with one attached hydrogen (secondary N) is 1. The Morgan fingerprint density at radius 1 is 1.22 bits per heavy atom. The fourth-order valence-corrected chi connectivity index (χ4v) is 2.21. The summed E-state index contributed by atoms with van der Waals surface area (Å²) >= 11 is 0. The van der Waals surface area contributed by atoms with Gasteiger partial charge in [0.1, 0.15) is 5.82 Å². The number of methoxy groups -OCH3 is 1. The van der Waals surface area contributed by atoms with E-state index in [4.69, 9.17) is 9.15 Å². The number of benzene rings is 2. The largest absolute Gasteiger partial charge is 0.423 e. The van der Waals surface area contributed by atoms with Gasteiger partial charge in [0, 0.05) is 23.9 Å². The average Bonchev–Trinajstić information content (AvgIpc) is 3.02. The van der Waals surface area contributed by atoms with Gasteiger partial charge in [0.15, 0.2) is 12.1 Å². The first-order valence-corrected chi connectivity index (χ1v) is 6.96. The molecule has 3 aromatic rings. The third-order valence-electron chi connectivity index (χ3n) is 3.30. The van der Waals surface area contributed by atoms with Crippen molar-refractivity contribution in [1.82, 2.24) is 4.98 Å². The van der Waals surface area contributed by atoms with Crippen LogP contribution in [0.25, 0.3) is 11.3 Å². The molecule has 5 nitrogen and oxygen atoms in total. The van der Waals surface area contributed by atoms with Gasteiger partial charge in [-0.2, -0.15) is 0 Å². The Balaban J connectivity index is 1.88. The van der Waals surface area contributed by atoms with E-state index < -0.39 is 6.29 Å². The summed E-state index contributed by atoms with van der Waals surface area (Å²) in [5.74, 6) is 0.117. The molecule has 1 heterocycles. The molecular formula is C17H15FN2O3. The number of nitrogens with zero attached hydrogens (tertiary/aromatic N) is 1. The van der Waals surface area contributed by atoms with Gasteiger partial charge in [0.05, 0.1) is 6.20 Å². The van der Waals surface area contributed by atoms with Gasteiger partial charge in [0.2, 0.25) is 0 Å². The van der Waals surface area contributed by atoms with Gasteiger partial charge in [0.25, 0.3) is 6.01 Å². The molecule has 0 aliphatic carbocycles. The van der Waals surface area contributed by atoms with Crippen LogP contribution >= 0.6 is 0 Å². The maximum absolute atomic E-state index is 13.2. The zero-order chi connectivity index (χ0) is 16.2. The summed E-state index contributed by atoms with van der Waals surface area (Å²) in [6.07, 6.45) is 0.471. The molecule has 2 N–H and O–H groups in total. The summed E-state index contributed by atoms with van der Waals surface area (Å²) in [6, 6.07) is 13.4. The minimum Gasteiger partial charge on any atom is -0.423 e. The summed E-state index contributed by atoms with van der Waals surface area (Å²) in [6.45, 7) is 0. The van der Waals surface area contributed by atoms with Gasteiger partial charge in [-0.1, -0.05) is 30.3 Å². The molecule has 0 aliphatic heterocycles. The first-order valence-electron chi connectivity index (χ1n) is 6.96. The normalized spacial score (nSPS) is 12.1. The van der Waals surface area contributed by atoms with Crippen molar-refractivity contribution in [3.63, 3.8) is 0 Å². The molecule has 118 valence electrons. The summed E-state index contributed by atoms with van der Waals surface area (Å²) < 4.78 is 23.8. The van der Waals surface area contributed by atoms with Gasteiger partial charge >= 0.3 is 0 Å². The maximum atomic E-state index is 13.2. The van der Waals surface area contributed by atoms with Crippen LogP contribution in [0.2, 0.25) is 0 Å². The molecule has 0 bridgehead atoms. The lowest BCUT2D eigenvalue weighted by molar-refractivity contribution is -0.0765. The van der Waals surface area contributed by atoms with Crippen LogP contribution < -0.4 is 5.32 Å². The van der Waals surface area contributed by atoms with Crippen molar-refractivity contribution >= 4 is 11.7 Å². The average molecular weight is 314 g/mol. The summed E-state index contributed by atoms with van der Waals surface area (Å²) in [5, 5.41) is 12.8. The number of hydrogen-bond acceptors (Lipinski definition) is 5. The lowest BCUT2D eigenvalue weighted by atomic mass is 10.1. The Morgan fingerprint density at radius 2 is 2.04 bits per heavy atom. The van der Waals surface area contributed by atoms with Crippen molar-refractivity contribution in [1.29, 1.82) is 0 Å². The number of aromatic nitrogens is 1. The molecule has 0 amide bonds. The van der Waals surface area contributed by atoms with Crippen molar-refractivity contribution in [3.05, 3.63) is 66.1 Å². The standard InChI is InChI=1S/C17H15FN2O3/c1-22-16(21)14-8-3-2-7-13(14)15-10-19-17(23-15)20-12-6-4-5-11(18)9-12/h2-10,16,21H,1H3,(H,19,20). The molecule has 0 saturated heterocycles. The molecule has 6 heteroatoms. The number of hydrogen-bond donors (Lipinski definition) is 2. The molecule has 1 unspecified atom stereocenters. The van der Waals surface area contributed by atoms with Crippen LogP contribution in [0.3, 0.4) is 0 Å². The SMILES string of the molecule is COC(O)c1ccccc1-c1cnc(Nc2cccc(F)c2)o1. The van der Waals surface area contributed by atoms with Crippen LogP contribution in [0.1, 0.15) is 11.9 Å². The Labute approximate surface area is 132 Å². The molecule has 0 aliphatic rings. The van der Waals surface area contributed by atoms with Gasteiger partial charge in [-0.3, -0.25) is 0 Å². The highest BCUT2D eigenvalue weighted by molar-refractivity contribution is 5.63. The van der Waals surface area contributed by atoms with Crippen LogP contribution in [0.5, 0.6) is 0 Å². The molecule has 0 saturated carbocycles. The molecule has 1 aromatic heterocycles. The van der Waals surface area contributed by atoms with E-state index in [9.17, 15) is 9.50 Å². The van der Waals surface area contributed by atoms with Crippen molar-refractivity contribution in [2.24, 2.45) is 0 Å². The van der Waals surface area contributed by atoms with Crippen molar-refractivity contribution in [2.75, 3.05) is 12.4 Å². The minimum absolute atomic E-state index is 0.229. The van der Waals surface area contributed by atoms with Gasteiger partial charge in [-0.15, -0.1) is 0 Å². The van der Waals surface area contributed by atoms with E-state index in [0.717, 1.165) is 0 Å². The number of aliphatic hydroxyl groups is 1. The second kappa shape index (κ2) is 6.60. The Morgan fingerprint density at radius 3 is 2.83 bits per heavy atom. The van der Waals surface area contributed by atoms with Crippen LogP contribution in [0, 0.1) is 5.82 Å². The highest BCUT2D eigenvalue weighted by atomic mass is 19.1. The monoisotopic (exact) mass is 314 g/mol. The summed E-state index contributed by atoms with van der Waals surface area (Å²) in [7, 11) is 1.42. The third-order valence-corrected chi connectivity index (χ3v) is 3.30. The highest BCUT2D eigenvalue weighted by Crippen LogP contribution is 2.30. The number of anilines is 2. The van der Waals surface area contributed by atoms with Crippen molar-refractivity contribution < 1.29 is 18.7 Å². The third kappa shape index (κ3) is 3.39. The molecule has 3 rings (SSSR count). The molecule has 2 aromatic carbocycles. The van der Waals surface area contributed by atoms with Crippen LogP contribution in [0.15, 0.2) is 59.1 Å². The number of aliphatic hydroxyl groups excluding tert-OH is 1. The lowest BCUT2D eigenvalue weighted by Gasteiger charge is -2.12. The quantitative estimate of drug-likeness (QED) is 0.700. The summed E-state index contributed by atoms with van der Waals surface area (Å²) in [4.78, 5) is 4.12. The molecule has 0 radical (unpaired) electrons. The minimum atomic E-state index is -1.06. The molecule has 1 atom stereocenters. The lowest BCUT2D eigenvalue weighted by Crippen LogP contribution is -2.01. The molecule has 0 fully saturated rings. The second-order valence-electron chi connectivity index (χ2n) is 4.84. The van der Waals surface area contributed by atoms with E-state index in [1.165, 1.54) is 25.4 Å². The van der Waals surface area contributed by atoms with Gasteiger partial charge in [-0.25, -0.2) is 9.37 Å². The highest BCUT2D eigenvalue weighted by Gasteiger charge is 2.16. The van der Waals surface area contributed by atoms with E-state index in [2.05, 4.69) is 10.3 Å². The smallest absolute Gasteiger partial charge is 0.299 e. The van der Waals surface area contributed by atoms with E-state index in [1.54, 1.807) is 30.3 Å². The van der Waals surface area contributed by atoms with Gasteiger partial charge in [-0.05, 0) is 18.2 Å². The zero-order valence-corrected chi connectivity index (χ0v) is 12.4. The van der Waals surface area contributed by atoms with Crippen molar-refractivity contribution in [2.45, 2.75) is 6.29 Å². The van der Waals surface area contributed by atoms with Gasteiger partial charge < -0.3 is 19.6 Å². The predicted molar refractivity (Wildman–Crippen MR) is 83.6 cm³/mol. The number of rotatable bonds is 5. The first-order chi connectivity index (χ1) is 11.2. The second-order valence-corrected chi connectivity index (χ2v) is 4.84. The number of oxazole rings is 1. The number of ether oxygens (including phenoxy) is 1. The zero-order valence-electron chi connectivity index (χ0n) is 12.4. The van der Waals surface area contributed by atoms with E-state index in [-0.39, 0.29) is 11.8 Å². The van der Waals surface area contributed by atoms with E-state index in [1.807, 2.05) is 6.07 Å². The fourth-order valence-electron chi connectivity index (χ4n) is 2.21. The van der Waals surface area contributed by atoms with Crippen LogP contribution in [-0.2, 0) is 4.74 Å². The van der Waals surface area contributed by atoms with Crippen molar-refractivity contribution in [3.8, 4) is 11.3 Å². The Hall–Kier alpha value is -2.70. The Kier molecular flexibility index (Phi) is 4.36.